The van der Waals surface area contributed by atoms with Gasteiger partial charge in [0.25, 0.3) is 0 Å². The largest absolute Gasteiger partial charge is 0.481 e. The molecule has 0 unspecified atom stereocenters. The number of para-hydroxylation sites is 1. The van der Waals surface area contributed by atoms with Gasteiger partial charge in [0.2, 0.25) is 35.4 Å². The number of aliphatic carboxylic acids is 3. The lowest BCUT2D eigenvalue weighted by Crippen LogP contribution is -2.61. The SMILES string of the molecule is CSCC[C@H](NC(=O)[C@H](Cc1c[nH]c2ccccc12)NC(=O)[C@H](CCCN=C(N)N)NC(=O)[C@H](Cc1cnc[nH]1)NC(=O)[C@@H](NC(=O)[C@H](CC(=O)O)NC(=O)[C@@H](N)CC(=O)O)C(C)C)C(=O)O. The third-order valence-corrected chi connectivity index (χ3v) is 10.8. The van der Waals surface area contributed by atoms with Crippen LogP contribution in [-0.2, 0) is 56.0 Å². The number of rotatable bonds is 29. The summed E-state index contributed by atoms with van der Waals surface area (Å²) in [7, 11) is 0. The van der Waals surface area contributed by atoms with Gasteiger partial charge >= 0.3 is 17.9 Å². The van der Waals surface area contributed by atoms with Crippen LogP contribution in [0.4, 0.5) is 0 Å². The van der Waals surface area contributed by atoms with Gasteiger partial charge in [0.1, 0.15) is 36.3 Å². The Kier molecular flexibility index (Phi) is 21.5. The van der Waals surface area contributed by atoms with Crippen molar-refractivity contribution in [3.05, 3.63) is 54.2 Å². The van der Waals surface area contributed by atoms with Crippen molar-refractivity contribution in [3.8, 4) is 0 Å². The summed E-state index contributed by atoms with van der Waals surface area (Å²) < 4.78 is 0. The molecule has 2 aromatic heterocycles. The molecule has 0 bridgehead atoms. The van der Waals surface area contributed by atoms with E-state index in [1.54, 1.807) is 30.7 Å². The maximum atomic E-state index is 14.3. The van der Waals surface area contributed by atoms with Crippen molar-refractivity contribution in [1.29, 1.82) is 0 Å². The molecule has 3 rings (SSSR count). The number of aromatic amines is 2. The number of amides is 6. The highest BCUT2D eigenvalue weighted by atomic mass is 32.2. The van der Waals surface area contributed by atoms with E-state index in [9.17, 15) is 53.4 Å². The molecule has 3 aromatic rings. The molecular weight excluding hydrogens is 899 g/mol. The topological polar surface area (TPSA) is 421 Å². The Balaban J connectivity index is 1.95. The molecule has 0 aliphatic carbocycles. The molecule has 1 aromatic carbocycles. The van der Waals surface area contributed by atoms with Crippen LogP contribution < -0.4 is 49.1 Å². The molecular formula is C41H59N13O12S. The summed E-state index contributed by atoms with van der Waals surface area (Å²) in [5.41, 5.74) is 18.3. The highest BCUT2D eigenvalue weighted by Gasteiger charge is 2.36. The molecule has 17 N–H and O–H groups in total. The number of thioether (sulfide) groups is 1. The number of aromatic nitrogens is 3. The minimum Gasteiger partial charge on any atom is -0.481 e. The van der Waals surface area contributed by atoms with E-state index >= 15 is 0 Å². The van der Waals surface area contributed by atoms with Crippen molar-refractivity contribution >= 4 is 82.0 Å². The second-order valence-electron chi connectivity index (χ2n) is 15.8. The number of carbonyl (C=O) groups is 9. The average molecular weight is 958 g/mol. The molecule has 0 fully saturated rings. The van der Waals surface area contributed by atoms with Gasteiger partial charge in [-0.05, 0) is 48.8 Å². The normalized spacial score (nSPS) is 14.2. The molecule has 7 atom stereocenters. The van der Waals surface area contributed by atoms with Gasteiger partial charge < -0.3 is 74.4 Å². The summed E-state index contributed by atoms with van der Waals surface area (Å²) in [4.78, 5) is 131. The first-order valence-corrected chi connectivity index (χ1v) is 22.4. The Labute approximate surface area is 388 Å². The maximum Gasteiger partial charge on any atom is 0.326 e. The maximum absolute atomic E-state index is 14.3. The Bertz CT molecular complexity index is 2230. The minimum absolute atomic E-state index is 0.0237. The number of aliphatic imine (C=N–C) groups is 1. The van der Waals surface area contributed by atoms with E-state index in [1.165, 1.54) is 38.1 Å². The van der Waals surface area contributed by atoms with E-state index in [-0.39, 0.29) is 44.6 Å². The molecule has 26 heteroatoms. The van der Waals surface area contributed by atoms with Gasteiger partial charge in [0.15, 0.2) is 5.96 Å². The van der Waals surface area contributed by atoms with Crippen LogP contribution in [0.3, 0.4) is 0 Å². The molecule has 366 valence electrons. The second kappa shape index (κ2) is 26.7. The van der Waals surface area contributed by atoms with E-state index in [4.69, 9.17) is 22.3 Å². The fourth-order valence-corrected chi connectivity index (χ4v) is 7.10. The summed E-state index contributed by atoms with van der Waals surface area (Å²) in [5.74, 6) is -10.6. The van der Waals surface area contributed by atoms with E-state index < -0.39 is 114 Å². The van der Waals surface area contributed by atoms with Crippen molar-refractivity contribution in [2.75, 3.05) is 18.6 Å². The van der Waals surface area contributed by atoms with Crippen molar-refractivity contribution in [1.82, 2.24) is 46.9 Å². The van der Waals surface area contributed by atoms with Crippen LogP contribution in [0, 0.1) is 5.92 Å². The number of carboxylic acids is 3. The number of fused-ring (bicyclic) bond motifs is 1. The van der Waals surface area contributed by atoms with Gasteiger partial charge in [-0.2, -0.15) is 11.8 Å². The van der Waals surface area contributed by atoms with Gasteiger partial charge in [0, 0.05) is 48.4 Å². The van der Waals surface area contributed by atoms with E-state index in [1.807, 2.05) is 6.07 Å². The fraction of sp³-hybridized carbons (Fsp3) is 0.488. The zero-order chi connectivity index (χ0) is 49.8. The van der Waals surface area contributed by atoms with Gasteiger partial charge in [-0.1, -0.05) is 32.0 Å². The van der Waals surface area contributed by atoms with Crippen molar-refractivity contribution < 1.29 is 58.5 Å². The number of carboxylic acid groups (broad SMARTS) is 3. The summed E-state index contributed by atoms with van der Waals surface area (Å²) in [6.07, 6.45) is 4.10. The lowest BCUT2D eigenvalue weighted by molar-refractivity contribution is -0.142. The molecule has 0 saturated heterocycles. The van der Waals surface area contributed by atoms with Gasteiger partial charge in [-0.3, -0.25) is 43.3 Å². The van der Waals surface area contributed by atoms with E-state index in [0.29, 0.717) is 17.0 Å². The van der Waals surface area contributed by atoms with Crippen LogP contribution in [0.5, 0.6) is 0 Å². The number of guanidine groups is 1. The summed E-state index contributed by atoms with van der Waals surface area (Å²) >= 11 is 1.38. The highest BCUT2D eigenvalue weighted by molar-refractivity contribution is 7.98. The molecule has 6 amide bonds. The Morgan fingerprint density at radius 1 is 0.716 bits per heavy atom. The average Bonchev–Trinajstić information content (AvgIpc) is 3.93. The first-order chi connectivity index (χ1) is 31.7. The highest BCUT2D eigenvalue weighted by Crippen LogP contribution is 2.20. The predicted octanol–water partition coefficient (Wildman–Crippen LogP) is -2.59. The lowest BCUT2D eigenvalue weighted by Gasteiger charge is -2.28. The minimum atomic E-state index is -1.80. The zero-order valence-electron chi connectivity index (χ0n) is 37.1. The number of nitrogens with two attached hydrogens (primary N) is 3. The van der Waals surface area contributed by atoms with Crippen LogP contribution in [0.1, 0.15) is 57.2 Å². The van der Waals surface area contributed by atoms with Crippen LogP contribution in [-0.4, -0.2) is 150 Å². The van der Waals surface area contributed by atoms with Crippen molar-refractivity contribution in [2.45, 2.75) is 101 Å². The Morgan fingerprint density at radius 3 is 1.90 bits per heavy atom. The molecule has 0 aliphatic heterocycles. The van der Waals surface area contributed by atoms with E-state index in [2.05, 4.69) is 51.8 Å². The third kappa shape index (κ3) is 17.9. The number of benzene rings is 1. The van der Waals surface area contributed by atoms with Crippen molar-refractivity contribution in [2.24, 2.45) is 28.1 Å². The molecule has 2 heterocycles. The smallest absolute Gasteiger partial charge is 0.326 e. The monoisotopic (exact) mass is 957 g/mol. The molecule has 0 spiro atoms. The number of imidazole rings is 1. The standard InChI is InChI=1S/C41H59N13O12S/c1-20(2)33(54-38(63)30(16-32(57)58)51-34(59)24(42)15-31(55)56)39(64)53-29(14-22-18-45-19-48-22)37(62)49-26(9-6-11-46-41(43)44)35(60)52-28(36(61)50-27(40(65)66)10-12-67-3)13-21-17-47-25-8-5-4-7-23(21)25/h4-5,7-8,17-20,24,26-30,33,47H,6,9-16,42H2,1-3H3,(H,45,48)(H,49,62)(H,50,61)(H,51,59)(H,52,60)(H,53,64)(H,54,63)(H,55,56)(H,57,58)(H,65,66)(H4,43,44,46)/t24-,26-,27-,28-,29-,30-,33-/m0/s1. The van der Waals surface area contributed by atoms with Gasteiger partial charge in [-0.15, -0.1) is 0 Å². The van der Waals surface area contributed by atoms with Crippen LogP contribution in [0.15, 0.2) is 48.0 Å². The van der Waals surface area contributed by atoms with Crippen LogP contribution >= 0.6 is 11.8 Å². The summed E-state index contributed by atoms with van der Waals surface area (Å²) in [6.45, 7) is 3.09. The first-order valence-electron chi connectivity index (χ1n) is 21.0. The molecule has 0 saturated carbocycles. The number of H-pyrrole nitrogens is 2. The summed E-state index contributed by atoms with van der Waals surface area (Å²) in [5, 5.41) is 44.0. The fourth-order valence-electron chi connectivity index (χ4n) is 6.63. The number of carbonyl (C=O) groups excluding carboxylic acids is 6. The van der Waals surface area contributed by atoms with E-state index in [0.717, 1.165) is 10.9 Å². The van der Waals surface area contributed by atoms with Crippen molar-refractivity contribution in [3.63, 3.8) is 0 Å². The van der Waals surface area contributed by atoms with Gasteiger partial charge in [-0.25, -0.2) is 9.78 Å². The first kappa shape index (κ1) is 54.1. The number of nitrogens with zero attached hydrogens (tertiary/aromatic N) is 2. The zero-order valence-corrected chi connectivity index (χ0v) is 37.9. The molecule has 67 heavy (non-hydrogen) atoms. The number of hydrogen-bond acceptors (Lipinski definition) is 13. The number of nitrogens with one attached hydrogen (secondary N) is 8. The molecule has 0 radical (unpaired) electrons. The van der Waals surface area contributed by atoms with Crippen LogP contribution in [0.25, 0.3) is 10.9 Å². The quantitative estimate of drug-likeness (QED) is 0.0193. The van der Waals surface area contributed by atoms with Gasteiger partial charge in [0.05, 0.1) is 25.2 Å². The molecule has 0 aliphatic rings. The van der Waals surface area contributed by atoms with Crippen LogP contribution in [0.2, 0.25) is 0 Å². The molecule has 25 nitrogen and oxygen atoms in total. The second-order valence-corrected chi connectivity index (χ2v) is 16.7. The number of hydrogen-bond donors (Lipinski definition) is 14. The Hall–Kier alpha value is -7.22. The Morgan fingerprint density at radius 2 is 1.30 bits per heavy atom. The predicted molar refractivity (Wildman–Crippen MR) is 244 cm³/mol. The summed E-state index contributed by atoms with van der Waals surface area (Å²) in [6, 6.07) is -3.23. The third-order valence-electron chi connectivity index (χ3n) is 10.1. The lowest BCUT2D eigenvalue weighted by atomic mass is 10.0.